The van der Waals surface area contributed by atoms with Gasteiger partial charge in [-0.3, -0.25) is 33.9 Å². The summed E-state index contributed by atoms with van der Waals surface area (Å²) in [4.78, 5) is 66.9. The molecule has 0 aromatic heterocycles. The van der Waals surface area contributed by atoms with Crippen LogP contribution in [-0.4, -0.2) is 113 Å². The van der Waals surface area contributed by atoms with Crippen molar-refractivity contribution < 1.29 is 39.6 Å². The van der Waals surface area contributed by atoms with Gasteiger partial charge >= 0.3 is 23.9 Å². The fraction of sp³-hybridized carbons (Fsp3) is 0.926. The third-order valence-corrected chi connectivity index (χ3v) is 18.6. The molecule has 3 aliphatic rings. The Morgan fingerprint density at radius 2 is 0.723 bits per heavy atom. The standard InChI is InChI=1S/C54H99N3O8/c1-17-18-19-20-21-22-23-24-25-26-27-28-29-30-31-41(43(58)59)53(45(62)63,39-34-49(6,7)56(15)50(8,9)35-39)54(46(64)65,40-36-51(10,11)57(16)52(12,13)37-40)42(44(60)61)38-32-47(2,3)55(14)48(4,5)33-38/h38-42H,17-37H2,1-16H3,(H,58,59)(H,60,61)(H,62,63)(H,64,65). The zero-order valence-electron chi connectivity index (χ0n) is 44.5. The van der Waals surface area contributed by atoms with Crippen molar-refractivity contribution in [3.05, 3.63) is 0 Å². The maximum Gasteiger partial charge on any atom is 0.312 e. The third kappa shape index (κ3) is 11.8. The number of piperidine rings is 3. The number of unbranched alkanes of at least 4 members (excludes halogenated alkanes) is 13. The van der Waals surface area contributed by atoms with E-state index in [-0.39, 0.29) is 32.1 Å². The molecule has 0 saturated carbocycles. The lowest BCUT2D eigenvalue weighted by Gasteiger charge is -2.66. The van der Waals surface area contributed by atoms with Gasteiger partial charge in [-0.2, -0.15) is 0 Å². The minimum Gasteiger partial charge on any atom is -0.481 e. The molecule has 0 aliphatic carbocycles. The first-order chi connectivity index (χ1) is 29.8. The van der Waals surface area contributed by atoms with Gasteiger partial charge in [0.2, 0.25) is 0 Å². The van der Waals surface area contributed by atoms with Gasteiger partial charge in [0.25, 0.3) is 0 Å². The highest BCUT2D eigenvalue weighted by atomic mass is 16.4. The maximum atomic E-state index is 15.6. The fourth-order valence-electron chi connectivity index (χ4n) is 14.7. The topological polar surface area (TPSA) is 159 Å². The SMILES string of the molecule is CCCCCCCCCCCCCCCCC(C(=O)O)C(C(=O)O)(C1CC(C)(C)N(C)C(C)(C)C1)C(C(=O)O)(C1CC(C)(C)N(C)C(C)(C)C1)C(C(=O)O)C1CC(C)(C)N(C)C(C)(C)C1. The lowest BCUT2D eigenvalue weighted by atomic mass is 9.38. The summed E-state index contributed by atoms with van der Waals surface area (Å²) in [6.07, 6.45) is 16.8. The van der Waals surface area contributed by atoms with Crippen molar-refractivity contribution in [2.45, 2.75) is 258 Å². The molecule has 4 unspecified atom stereocenters. The van der Waals surface area contributed by atoms with Crippen molar-refractivity contribution in [1.29, 1.82) is 0 Å². The van der Waals surface area contributed by atoms with E-state index in [1.54, 1.807) is 0 Å². The summed E-state index contributed by atoms with van der Waals surface area (Å²) in [5.41, 5.74) is -8.87. The van der Waals surface area contributed by atoms with Crippen LogP contribution < -0.4 is 0 Å². The lowest BCUT2D eigenvalue weighted by Crippen LogP contribution is -2.75. The lowest BCUT2D eigenvalue weighted by molar-refractivity contribution is -0.240. The monoisotopic (exact) mass is 918 g/mol. The van der Waals surface area contributed by atoms with Crippen molar-refractivity contribution in [2.24, 2.45) is 40.4 Å². The molecule has 0 aromatic rings. The van der Waals surface area contributed by atoms with Gasteiger partial charge in [0.05, 0.1) is 11.8 Å². The van der Waals surface area contributed by atoms with Crippen LogP contribution in [0, 0.1) is 40.4 Å². The zero-order valence-corrected chi connectivity index (χ0v) is 44.5. The van der Waals surface area contributed by atoms with E-state index in [0.717, 1.165) is 25.7 Å². The van der Waals surface area contributed by atoms with Crippen molar-refractivity contribution in [3.8, 4) is 0 Å². The largest absolute Gasteiger partial charge is 0.481 e. The number of carboxylic acid groups (broad SMARTS) is 4. The number of carboxylic acids is 4. The predicted octanol–water partition coefficient (Wildman–Crippen LogP) is 12.1. The summed E-state index contributed by atoms with van der Waals surface area (Å²) >= 11 is 0. The van der Waals surface area contributed by atoms with Crippen LogP contribution in [0.4, 0.5) is 0 Å². The molecule has 3 aliphatic heterocycles. The molecule has 3 heterocycles. The summed E-state index contributed by atoms with van der Waals surface area (Å²) in [6.45, 7) is 26.6. The van der Waals surface area contributed by atoms with Gasteiger partial charge < -0.3 is 20.4 Å². The number of hydrogen-bond donors (Lipinski definition) is 4. The molecule has 4 atom stereocenters. The van der Waals surface area contributed by atoms with E-state index < -0.39 is 97.5 Å². The Balaban J connectivity index is 2.35. The van der Waals surface area contributed by atoms with Crippen LogP contribution in [0.15, 0.2) is 0 Å². The molecule has 3 rings (SSSR count). The van der Waals surface area contributed by atoms with E-state index in [2.05, 4.69) is 21.6 Å². The van der Waals surface area contributed by atoms with Gasteiger partial charge in [-0.25, -0.2) is 0 Å². The average molecular weight is 918 g/mol. The van der Waals surface area contributed by atoms with Gasteiger partial charge in [-0.05, 0) is 167 Å². The second kappa shape index (κ2) is 21.6. The third-order valence-electron chi connectivity index (χ3n) is 18.6. The van der Waals surface area contributed by atoms with E-state index in [0.29, 0.717) is 25.7 Å². The summed E-state index contributed by atoms with van der Waals surface area (Å²) in [5.74, 6) is -11.8. The summed E-state index contributed by atoms with van der Waals surface area (Å²) in [7, 11) is 6.01. The van der Waals surface area contributed by atoms with Crippen molar-refractivity contribution >= 4 is 23.9 Å². The fourth-order valence-corrected chi connectivity index (χ4v) is 14.7. The molecule has 378 valence electrons. The molecule has 11 heteroatoms. The minimum atomic E-state index is -2.53. The van der Waals surface area contributed by atoms with Crippen LogP contribution in [0.2, 0.25) is 0 Å². The molecule has 0 bridgehead atoms. The van der Waals surface area contributed by atoms with Crippen molar-refractivity contribution in [3.63, 3.8) is 0 Å². The van der Waals surface area contributed by atoms with Crippen molar-refractivity contribution in [2.75, 3.05) is 21.1 Å². The Hall–Kier alpha value is -2.24. The smallest absolute Gasteiger partial charge is 0.312 e. The van der Waals surface area contributed by atoms with Gasteiger partial charge in [0.1, 0.15) is 10.8 Å². The highest BCUT2D eigenvalue weighted by Gasteiger charge is 2.78. The summed E-state index contributed by atoms with van der Waals surface area (Å²) < 4.78 is 0. The van der Waals surface area contributed by atoms with Crippen LogP contribution in [0.1, 0.15) is 225 Å². The molecule has 0 radical (unpaired) electrons. The number of aliphatic carboxylic acids is 4. The highest BCUT2D eigenvalue weighted by molar-refractivity contribution is 5.95. The molecule has 0 spiro atoms. The number of likely N-dealkylation sites (tertiary alicyclic amines) is 3. The molecule has 4 N–H and O–H groups in total. The number of rotatable bonds is 25. The van der Waals surface area contributed by atoms with Gasteiger partial charge in [0.15, 0.2) is 0 Å². The van der Waals surface area contributed by atoms with Crippen LogP contribution in [0.5, 0.6) is 0 Å². The molecule has 3 fully saturated rings. The Morgan fingerprint density at radius 1 is 0.446 bits per heavy atom. The van der Waals surface area contributed by atoms with Gasteiger partial charge in [-0.15, -0.1) is 0 Å². The second-order valence-corrected chi connectivity index (χ2v) is 25.4. The second-order valence-electron chi connectivity index (χ2n) is 25.4. The number of hydrogen-bond acceptors (Lipinski definition) is 7. The molecule has 3 saturated heterocycles. The van der Waals surface area contributed by atoms with Gasteiger partial charge in [-0.1, -0.05) is 96.8 Å². The van der Waals surface area contributed by atoms with E-state index in [4.69, 9.17) is 0 Å². The zero-order chi connectivity index (χ0) is 49.8. The Labute approximate surface area is 396 Å². The number of nitrogens with zero attached hydrogens (tertiary/aromatic N) is 3. The molecule has 11 nitrogen and oxygen atoms in total. The van der Waals surface area contributed by atoms with E-state index in [1.807, 2.05) is 104 Å². The molecule has 65 heavy (non-hydrogen) atoms. The van der Waals surface area contributed by atoms with Crippen LogP contribution in [0.3, 0.4) is 0 Å². The normalized spacial score (nSPS) is 25.5. The van der Waals surface area contributed by atoms with Crippen molar-refractivity contribution in [1.82, 2.24) is 14.7 Å². The Bertz CT molecular complexity index is 1570. The quantitative estimate of drug-likeness (QED) is 0.0646. The maximum absolute atomic E-state index is 15.6. The van der Waals surface area contributed by atoms with Crippen LogP contribution in [0.25, 0.3) is 0 Å². The first-order valence-corrected chi connectivity index (χ1v) is 25.9. The molecule has 0 aromatic carbocycles. The van der Waals surface area contributed by atoms with E-state index in [1.165, 1.54) is 51.4 Å². The van der Waals surface area contributed by atoms with Gasteiger partial charge in [0, 0.05) is 33.2 Å². The first kappa shape index (κ1) is 57.1. The van der Waals surface area contributed by atoms with E-state index >= 15 is 9.59 Å². The minimum absolute atomic E-state index is 0.0436. The molecular weight excluding hydrogens is 819 g/mol. The molecule has 0 amide bonds. The highest BCUT2D eigenvalue weighted by Crippen LogP contribution is 2.69. The van der Waals surface area contributed by atoms with E-state index in [9.17, 15) is 30.0 Å². The summed E-state index contributed by atoms with van der Waals surface area (Å²) in [6, 6.07) is 0. The summed E-state index contributed by atoms with van der Waals surface area (Å²) in [5, 5.41) is 49.1. The van der Waals surface area contributed by atoms with Crippen LogP contribution >= 0.6 is 0 Å². The first-order valence-electron chi connectivity index (χ1n) is 25.9. The Kier molecular flexibility index (Phi) is 19.0. The number of carbonyl (C=O) groups is 4. The average Bonchev–Trinajstić information content (AvgIpc) is 3.15. The Morgan fingerprint density at radius 3 is 1.00 bits per heavy atom. The molecular formula is C54H99N3O8. The van der Waals surface area contributed by atoms with Crippen LogP contribution in [-0.2, 0) is 19.2 Å². The predicted molar refractivity (Wildman–Crippen MR) is 263 cm³/mol.